The molecule has 0 saturated heterocycles. The molecular weight excluding hydrogens is 593 g/mol. The molecule has 2 heteroatoms. The minimum atomic E-state index is 0.530. The summed E-state index contributed by atoms with van der Waals surface area (Å²) in [5.74, 6) is 0.530. The number of hydrogen-bond acceptors (Lipinski definition) is 0. The van der Waals surface area contributed by atoms with Gasteiger partial charge in [-0.2, -0.15) is 0 Å². The van der Waals surface area contributed by atoms with Crippen LogP contribution in [0.25, 0.3) is 83.3 Å². The summed E-state index contributed by atoms with van der Waals surface area (Å²) in [6.07, 6.45) is 5.81. The lowest BCUT2D eigenvalue weighted by atomic mass is 9.89. The van der Waals surface area contributed by atoms with Gasteiger partial charge in [-0.1, -0.05) is 134 Å². The SMILES string of the molecule is C[C@@H]1C=Cc2c(ccc3c4c5c6ccccc6n(-c6ccc(-c7ccccc7)cc6)c5ccc4n(-c4cccc(-c5ccccc5)c4)c23)C1. The molecule has 2 aromatic heterocycles. The zero-order valence-corrected chi connectivity index (χ0v) is 27.3. The van der Waals surface area contributed by atoms with Crippen molar-refractivity contribution in [3.8, 4) is 33.6 Å². The van der Waals surface area contributed by atoms with E-state index in [0.29, 0.717) is 5.92 Å². The summed E-state index contributed by atoms with van der Waals surface area (Å²) in [6, 6.07) is 57.7. The van der Waals surface area contributed by atoms with Gasteiger partial charge in [0, 0.05) is 38.5 Å². The molecule has 2 nitrogen and oxygen atoms in total. The minimum Gasteiger partial charge on any atom is -0.309 e. The van der Waals surface area contributed by atoms with Crippen LogP contribution in [-0.4, -0.2) is 9.13 Å². The minimum absolute atomic E-state index is 0.530. The molecule has 1 aliphatic rings. The second-order valence-corrected chi connectivity index (χ2v) is 13.4. The maximum atomic E-state index is 2.52. The fourth-order valence-corrected chi connectivity index (χ4v) is 8.20. The number of benzene rings is 7. The van der Waals surface area contributed by atoms with E-state index >= 15 is 0 Å². The van der Waals surface area contributed by atoms with Crippen LogP contribution >= 0.6 is 0 Å². The van der Waals surface area contributed by atoms with Gasteiger partial charge < -0.3 is 9.13 Å². The zero-order valence-electron chi connectivity index (χ0n) is 27.3. The highest BCUT2D eigenvalue weighted by Gasteiger charge is 2.24. The molecule has 0 fully saturated rings. The normalized spacial score (nSPS) is 14.3. The molecular formula is C47H34N2. The summed E-state index contributed by atoms with van der Waals surface area (Å²) in [7, 11) is 0. The number of hydrogen-bond donors (Lipinski definition) is 0. The average Bonchev–Trinajstić information content (AvgIpc) is 3.68. The summed E-state index contributed by atoms with van der Waals surface area (Å²) in [5.41, 5.74) is 15.0. The van der Waals surface area contributed by atoms with Crippen LogP contribution in [0, 0.1) is 5.92 Å². The molecule has 0 saturated carbocycles. The third-order valence-electron chi connectivity index (χ3n) is 10.4. The lowest BCUT2D eigenvalue weighted by molar-refractivity contribution is 0.718. The van der Waals surface area contributed by atoms with Gasteiger partial charge in [0.1, 0.15) is 0 Å². The quantitative estimate of drug-likeness (QED) is 0.184. The summed E-state index contributed by atoms with van der Waals surface area (Å²) in [6.45, 7) is 2.31. The molecule has 0 spiro atoms. The first kappa shape index (κ1) is 27.9. The maximum Gasteiger partial charge on any atom is 0.0616 e. The number of rotatable bonds is 4. The average molecular weight is 627 g/mol. The van der Waals surface area contributed by atoms with E-state index in [1.54, 1.807) is 0 Å². The summed E-state index contributed by atoms with van der Waals surface area (Å²) < 4.78 is 4.97. The predicted octanol–water partition coefficient (Wildman–Crippen LogP) is 12.4. The van der Waals surface area contributed by atoms with Crippen molar-refractivity contribution in [2.24, 2.45) is 5.92 Å². The Morgan fingerprint density at radius 3 is 1.88 bits per heavy atom. The molecule has 1 atom stereocenters. The molecule has 2 heterocycles. The fraction of sp³-hybridized carbons (Fsp3) is 0.0638. The van der Waals surface area contributed by atoms with Crippen molar-refractivity contribution in [3.63, 3.8) is 0 Å². The van der Waals surface area contributed by atoms with Gasteiger partial charge in [0.2, 0.25) is 0 Å². The number of nitrogens with zero attached hydrogens (tertiary/aromatic N) is 2. The van der Waals surface area contributed by atoms with E-state index < -0.39 is 0 Å². The highest BCUT2D eigenvalue weighted by Crippen LogP contribution is 2.45. The number of allylic oxidation sites excluding steroid dienone is 1. The number of fused-ring (bicyclic) bond motifs is 9. The monoisotopic (exact) mass is 626 g/mol. The van der Waals surface area contributed by atoms with Crippen molar-refractivity contribution in [3.05, 3.63) is 175 Å². The first-order valence-electron chi connectivity index (χ1n) is 17.2. The number of aromatic nitrogens is 2. The Morgan fingerprint density at radius 1 is 0.469 bits per heavy atom. The Kier molecular flexibility index (Phi) is 6.25. The molecule has 0 bridgehead atoms. The zero-order chi connectivity index (χ0) is 32.5. The Hall–Kier alpha value is -6.12. The summed E-state index contributed by atoms with van der Waals surface area (Å²) >= 11 is 0. The van der Waals surface area contributed by atoms with Crippen molar-refractivity contribution in [2.45, 2.75) is 13.3 Å². The van der Waals surface area contributed by atoms with E-state index in [0.717, 1.165) is 6.42 Å². The van der Waals surface area contributed by atoms with Crippen LogP contribution in [0.1, 0.15) is 18.1 Å². The van der Waals surface area contributed by atoms with Crippen molar-refractivity contribution in [2.75, 3.05) is 0 Å². The molecule has 0 N–H and O–H groups in total. The molecule has 0 unspecified atom stereocenters. The van der Waals surface area contributed by atoms with E-state index in [4.69, 9.17) is 0 Å². The third kappa shape index (κ3) is 4.34. The van der Waals surface area contributed by atoms with E-state index in [1.165, 1.54) is 88.4 Å². The van der Waals surface area contributed by atoms with Gasteiger partial charge in [0.05, 0.1) is 22.1 Å². The first-order chi connectivity index (χ1) is 24.2. The molecule has 1 aliphatic carbocycles. The Morgan fingerprint density at radius 2 is 1.10 bits per heavy atom. The lowest BCUT2D eigenvalue weighted by Crippen LogP contribution is -2.05. The Labute approximate surface area is 285 Å². The molecule has 49 heavy (non-hydrogen) atoms. The van der Waals surface area contributed by atoms with Crippen LogP contribution in [0.15, 0.2) is 164 Å². The van der Waals surface area contributed by atoms with Gasteiger partial charge in [-0.15, -0.1) is 0 Å². The van der Waals surface area contributed by atoms with E-state index in [2.05, 4.69) is 186 Å². The van der Waals surface area contributed by atoms with Crippen LogP contribution in [0.2, 0.25) is 0 Å². The topological polar surface area (TPSA) is 9.86 Å². The third-order valence-corrected chi connectivity index (χ3v) is 10.4. The standard InChI is InChI=1S/C47H34N2/c1-31-19-25-39-36(29-31)22-26-41-46-44(49(47(39)41)38-16-10-15-35(30-38)33-13-6-3-7-14-33)28-27-43-45(46)40-17-8-9-18-42(40)48(43)37-23-20-34(21-24-37)32-11-4-2-5-12-32/h2-28,30-31H,29H2,1H3/t31-/m1/s1. The Bertz CT molecular complexity index is 2720. The van der Waals surface area contributed by atoms with E-state index in [-0.39, 0.29) is 0 Å². The first-order valence-corrected chi connectivity index (χ1v) is 17.2. The summed E-state index contributed by atoms with van der Waals surface area (Å²) in [4.78, 5) is 0. The second kappa shape index (κ2) is 11.0. The smallest absolute Gasteiger partial charge is 0.0616 e. The molecule has 0 radical (unpaired) electrons. The van der Waals surface area contributed by atoms with Crippen molar-refractivity contribution < 1.29 is 0 Å². The highest BCUT2D eigenvalue weighted by molar-refractivity contribution is 6.29. The van der Waals surface area contributed by atoms with Crippen molar-refractivity contribution in [1.29, 1.82) is 0 Å². The molecule has 10 rings (SSSR count). The van der Waals surface area contributed by atoms with Gasteiger partial charge in [-0.25, -0.2) is 0 Å². The van der Waals surface area contributed by atoms with E-state index in [9.17, 15) is 0 Å². The van der Waals surface area contributed by atoms with Gasteiger partial charge in [0.15, 0.2) is 0 Å². The molecule has 9 aromatic rings. The summed E-state index contributed by atoms with van der Waals surface area (Å²) in [5, 5.41) is 5.18. The molecule has 0 aliphatic heterocycles. The molecule has 7 aromatic carbocycles. The van der Waals surface area contributed by atoms with E-state index in [1.807, 2.05) is 0 Å². The predicted molar refractivity (Wildman–Crippen MR) is 208 cm³/mol. The lowest BCUT2D eigenvalue weighted by Gasteiger charge is -2.18. The van der Waals surface area contributed by atoms with Gasteiger partial charge in [0.25, 0.3) is 0 Å². The van der Waals surface area contributed by atoms with Gasteiger partial charge >= 0.3 is 0 Å². The highest BCUT2D eigenvalue weighted by atomic mass is 15.0. The maximum absolute atomic E-state index is 2.52. The van der Waals surface area contributed by atoms with Gasteiger partial charge in [-0.3, -0.25) is 0 Å². The van der Waals surface area contributed by atoms with Crippen LogP contribution < -0.4 is 0 Å². The largest absolute Gasteiger partial charge is 0.309 e. The van der Waals surface area contributed by atoms with Crippen LogP contribution in [0.5, 0.6) is 0 Å². The van der Waals surface area contributed by atoms with Gasteiger partial charge in [-0.05, 0) is 82.6 Å². The fourth-order valence-electron chi connectivity index (χ4n) is 8.20. The molecule has 232 valence electrons. The van der Waals surface area contributed by atoms with Crippen LogP contribution in [-0.2, 0) is 6.42 Å². The second-order valence-electron chi connectivity index (χ2n) is 13.4. The Balaban J connectivity index is 1.29. The van der Waals surface area contributed by atoms with Crippen LogP contribution in [0.3, 0.4) is 0 Å². The molecule has 0 amide bonds. The van der Waals surface area contributed by atoms with Crippen LogP contribution in [0.4, 0.5) is 0 Å². The van der Waals surface area contributed by atoms with Crippen molar-refractivity contribution >= 4 is 49.7 Å². The number of para-hydroxylation sites is 1. The van der Waals surface area contributed by atoms with Crippen molar-refractivity contribution in [1.82, 2.24) is 9.13 Å².